The van der Waals surface area contributed by atoms with Gasteiger partial charge in [0.2, 0.25) is 5.91 Å². The molecule has 0 aliphatic rings. The Labute approximate surface area is 177 Å². The molecule has 3 rings (SSSR count). The molecule has 152 valence electrons. The molecule has 0 aliphatic heterocycles. The van der Waals surface area contributed by atoms with Crippen molar-refractivity contribution in [1.82, 2.24) is 5.16 Å². The molecule has 0 unspecified atom stereocenters. The molecule has 2 N–H and O–H groups in total. The Morgan fingerprint density at radius 2 is 1.97 bits per heavy atom. The van der Waals surface area contributed by atoms with Crippen LogP contribution in [-0.4, -0.2) is 19.5 Å². The van der Waals surface area contributed by atoms with Crippen molar-refractivity contribution in [3.8, 4) is 0 Å². The Bertz CT molecular complexity index is 1200. The van der Waals surface area contributed by atoms with E-state index in [1.807, 2.05) is 0 Å². The van der Waals surface area contributed by atoms with Gasteiger partial charge in [-0.3, -0.25) is 9.52 Å². The first kappa shape index (κ1) is 21.1. The minimum Gasteiger partial charge on any atom is -0.354 e. The third kappa shape index (κ3) is 5.06. The SMILES string of the molecule is CC(=O)Nc1c(C)noc1C=Cc1ccc(S(=O)(=O)Nc2ccc(Cl)cc2C)s1. The summed E-state index contributed by atoms with van der Waals surface area (Å²) in [5, 5.41) is 7.04. The predicted octanol–water partition coefficient (Wildman–Crippen LogP) is 4.94. The topological polar surface area (TPSA) is 101 Å². The summed E-state index contributed by atoms with van der Waals surface area (Å²) in [6, 6.07) is 8.15. The van der Waals surface area contributed by atoms with Crippen LogP contribution < -0.4 is 10.0 Å². The summed E-state index contributed by atoms with van der Waals surface area (Å²) in [5.74, 6) is 0.143. The van der Waals surface area contributed by atoms with Gasteiger partial charge >= 0.3 is 0 Å². The Kier molecular flexibility index (Phi) is 6.11. The fourth-order valence-electron chi connectivity index (χ4n) is 2.49. The van der Waals surface area contributed by atoms with Gasteiger partial charge in [-0.15, -0.1) is 11.3 Å². The Morgan fingerprint density at radius 1 is 1.21 bits per heavy atom. The van der Waals surface area contributed by atoms with Gasteiger partial charge in [0.1, 0.15) is 15.6 Å². The lowest BCUT2D eigenvalue weighted by Crippen LogP contribution is -2.12. The maximum absolute atomic E-state index is 12.7. The molecule has 2 aromatic heterocycles. The van der Waals surface area contributed by atoms with E-state index < -0.39 is 10.0 Å². The number of sulfonamides is 1. The number of anilines is 2. The number of halogens is 1. The number of aromatic nitrogens is 1. The highest BCUT2D eigenvalue weighted by Gasteiger charge is 2.18. The van der Waals surface area contributed by atoms with E-state index in [0.717, 1.165) is 16.9 Å². The van der Waals surface area contributed by atoms with Crippen LogP contribution in [0.5, 0.6) is 0 Å². The summed E-state index contributed by atoms with van der Waals surface area (Å²) in [5.41, 5.74) is 2.23. The largest absolute Gasteiger partial charge is 0.354 e. The van der Waals surface area contributed by atoms with E-state index in [1.165, 1.54) is 13.0 Å². The van der Waals surface area contributed by atoms with Gasteiger partial charge in [-0.2, -0.15) is 0 Å². The van der Waals surface area contributed by atoms with Crippen molar-refractivity contribution < 1.29 is 17.7 Å². The molecular weight excluding hydrogens is 434 g/mol. The number of rotatable bonds is 6. The van der Waals surface area contributed by atoms with Gasteiger partial charge in [0.25, 0.3) is 10.0 Å². The van der Waals surface area contributed by atoms with Crippen LogP contribution in [0.3, 0.4) is 0 Å². The maximum Gasteiger partial charge on any atom is 0.271 e. The minimum atomic E-state index is -3.73. The van der Waals surface area contributed by atoms with Gasteiger partial charge < -0.3 is 9.84 Å². The molecule has 0 bridgehead atoms. The number of carbonyl (C=O) groups is 1. The van der Waals surface area contributed by atoms with Gasteiger partial charge in [-0.1, -0.05) is 16.8 Å². The Balaban J connectivity index is 1.80. The van der Waals surface area contributed by atoms with Gasteiger partial charge in [0.15, 0.2) is 5.76 Å². The highest BCUT2D eigenvalue weighted by atomic mass is 35.5. The van der Waals surface area contributed by atoms with Gasteiger partial charge in [0, 0.05) is 16.8 Å². The minimum absolute atomic E-state index is 0.169. The van der Waals surface area contributed by atoms with Gasteiger partial charge in [-0.25, -0.2) is 8.42 Å². The van der Waals surface area contributed by atoms with Crippen molar-refractivity contribution in [3.63, 3.8) is 0 Å². The molecule has 0 saturated carbocycles. The molecule has 0 saturated heterocycles. The standard InChI is InChI=1S/C19H18ClN3O4S2/c1-11-10-14(20)4-7-16(11)23-29(25,26)18-9-6-15(28-18)5-8-17-19(21-13(3)24)12(2)22-27-17/h4-10,23H,1-3H3,(H,21,24). The van der Waals surface area contributed by atoms with Crippen LogP contribution in [0.15, 0.2) is 39.1 Å². The van der Waals surface area contributed by atoms with E-state index in [0.29, 0.717) is 32.7 Å². The fraction of sp³-hybridized carbons (Fsp3) is 0.158. The Hall–Kier alpha value is -2.62. The molecule has 3 aromatic rings. The molecule has 2 heterocycles. The zero-order valence-electron chi connectivity index (χ0n) is 15.8. The molecular formula is C19H18ClN3O4S2. The van der Waals surface area contributed by atoms with Crippen LogP contribution in [0.1, 0.15) is 28.8 Å². The van der Waals surface area contributed by atoms with Crippen LogP contribution in [0.25, 0.3) is 12.2 Å². The molecule has 0 radical (unpaired) electrons. The average molecular weight is 452 g/mol. The zero-order valence-corrected chi connectivity index (χ0v) is 18.2. The highest BCUT2D eigenvalue weighted by molar-refractivity contribution is 7.94. The molecule has 1 amide bonds. The number of benzene rings is 1. The van der Waals surface area contributed by atoms with E-state index in [2.05, 4.69) is 15.2 Å². The summed E-state index contributed by atoms with van der Waals surface area (Å²) >= 11 is 7.02. The lowest BCUT2D eigenvalue weighted by atomic mass is 10.2. The van der Waals surface area contributed by atoms with E-state index in [-0.39, 0.29) is 10.1 Å². The second-order valence-electron chi connectivity index (χ2n) is 6.24. The first-order valence-corrected chi connectivity index (χ1v) is 11.1. The third-order valence-electron chi connectivity index (χ3n) is 3.89. The monoisotopic (exact) mass is 451 g/mol. The second-order valence-corrected chi connectivity index (χ2v) is 9.70. The van der Waals surface area contributed by atoms with Crippen LogP contribution in [0.2, 0.25) is 5.02 Å². The number of carbonyl (C=O) groups excluding carboxylic acids is 1. The number of nitrogens with zero attached hydrogens (tertiary/aromatic N) is 1. The maximum atomic E-state index is 12.7. The van der Waals surface area contributed by atoms with E-state index >= 15 is 0 Å². The van der Waals surface area contributed by atoms with E-state index in [9.17, 15) is 13.2 Å². The number of amides is 1. The average Bonchev–Trinajstić information content (AvgIpc) is 3.24. The summed E-state index contributed by atoms with van der Waals surface area (Å²) < 4.78 is 33.3. The van der Waals surface area contributed by atoms with E-state index in [4.69, 9.17) is 16.1 Å². The molecule has 0 fully saturated rings. The summed E-state index contributed by atoms with van der Waals surface area (Å²) in [4.78, 5) is 12.0. The van der Waals surface area contributed by atoms with Gasteiger partial charge in [-0.05, 0) is 61.9 Å². The highest BCUT2D eigenvalue weighted by Crippen LogP contribution is 2.29. The van der Waals surface area contributed by atoms with Crippen molar-refractivity contribution in [3.05, 3.63) is 57.2 Å². The van der Waals surface area contributed by atoms with Crippen LogP contribution in [-0.2, 0) is 14.8 Å². The molecule has 0 atom stereocenters. The van der Waals surface area contributed by atoms with Crippen LogP contribution in [0, 0.1) is 13.8 Å². The zero-order chi connectivity index (χ0) is 21.2. The van der Waals surface area contributed by atoms with Crippen LogP contribution in [0.4, 0.5) is 11.4 Å². The second kappa shape index (κ2) is 8.40. The predicted molar refractivity (Wildman–Crippen MR) is 116 cm³/mol. The summed E-state index contributed by atoms with van der Waals surface area (Å²) in [7, 11) is -3.73. The quantitative estimate of drug-likeness (QED) is 0.553. The lowest BCUT2D eigenvalue weighted by Gasteiger charge is -2.09. The summed E-state index contributed by atoms with van der Waals surface area (Å²) in [6.07, 6.45) is 3.33. The summed E-state index contributed by atoms with van der Waals surface area (Å²) in [6.45, 7) is 4.89. The van der Waals surface area contributed by atoms with Crippen molar-refractivity contribution in [2.24, 2.45) is 0 Å². The first-order chi connectivity index (χ1) is 13.7. The number of thiophene rings is 1. The van der Waals surface area contributed by atoms with Gasteiger partial charge in [0.05, 0.1) is 5.69 Å². The number of hydrogen-bond acceptors (Lipinski definition) is 6. The lowest BCUT2D eigenvalue weighted by molar-refractivity contribution is -0.114. The smallest absolute Gasteiger partial charge is 0.271 e. The van der Waals surface area contributed by atoms with Crippen molar-refractivity contribution in [2.45, 2.75) is 25.0 Å². The van der Waals surface area contributed by atoms with Crippen molar-refractivity contribution in [2.75, 3.05) is 10.0 Å². The van der Waals surface area contributed by atoms with E-state index in [1.54, 1.807) is 50.3 Å². The third-order valence-corrected chi connectivity index (χ3v) is 7.03. The first-order valence-electron chi connectivity index (χ1n) is 8.46. The molecule has 1 aromatic carbocycles. The normalized spacial score (nSPS) is 11.7. The number of nitrogens with one attached hydrogen (secondary N) is 2. The number of hydrogen-bond donors (Lipinski definition) is 2. The number of aryl methyl sites for hydroxylation is 2. The van der Waals surface area contributed by atoms with Crippen molar-refractivity contribution >= 4 is 62.4 Å². The molecule has 0 spiro atoms. The molecule has 29 heavy (non-hydrogen) atoms. The van der Waals surface area contributed by atoms with Crippen molar-refractivity contribution in [1.29, 1.82) is 0 Å². The molecule has 10 heteroatoms. The molecule has 0 aliphatic carbocycles. The Morgan fingerprint density at radius 3 is 2.66 bits per heavy atom. The molecule has 7 nitrogen and oxygen atoms in total. The fourth-order valence-corrected chi connectivity index (χ4v) is 5.08. The van der Waals surface area contributed by atoms with Crippen LogP contribution >= 0.6 is 22.9 Å².